The first kappa shape index (κ1) is 19.5. The molecular formula is C22H24N6S2. The van der Waals surface area contributed by atoms with Crippen molar-refractivity contribution >= 4 is 40.1 Å². The summed E-state index contributed by atoms with van der Waals surface area (Å²) in [6, 6.07) is 17.4. The SMILES string of the molecule is c1cc(CCNC2Nc3ccccc3S2)cc(NC2=NC(Cc3cnc[nH]3)CS2)c1. The van der Waals surface area contributed by atoms with E-state index in [0.29, 0.717) is 6.04 Å². The Bertz CT molecular complexity index is 995. The first-order valence-corrected chi connectivity index (χ1v) is 12.0. The molecule has 154 valence electrons. The molecule has 0 bridgehead atoms. The van der Waals surface area contributed by atoms with Gasteiger partial charge in [0.05, 0.1) is 12.4 Å². The highest BCUT2D eigenvalue weighted by Crippen LogP contribution is 2.36. The lowest BCUT2D eigenvalue weighted by Crippen LogP contribution is -2.32. The Hall–Kier alpha value is -2.42. The Kier molecular flexibility index (Phi) is 5.96. The molecule has 30 heavy (non-hydrogen) atoms. The number of aromatic amines is 1. The van der Waals surface area contributed by atoms with E-state index in [4.69, 9.17) is 4.99 Å². The number of fused-ring (bicyclic) bond motifs is 1. The van der Waals surface area contributed by atoms with Gasteiger partial charge in [0.15, 0.2) is 5.17 Å². The van der Waals surface area contributed by atoms with Gasteiger partial charge in [-0.2, -0.15) is 0 Å². The highest BCUT2D eigenvalue weighted by Gasteiger charge is 2.20. The average molecular weight is 437 g/mol. The number of aliphatic imine (C=N–C) groups is 1. The van der Waals surface area contributed by atoms with Crippen LogP contribution in [0.2, 0.25) is 0 Å². The summed E-state index contributed by atoms with van der Waals surface area (Å²) in [6.45, 7) is 0.921. The van der Waals surface area contributed by atoms with Gasteiger partial charge >= 0.3 is 0 Å². The Balaban J connectivity index is 1.11. The largest absolute Gasteiger partial charge is 0.360 e. The Labute approximate surface area is 184 Å². The van der Waals surface area contributed by atoms with Crippen LogP contribution in [0, 0.1) is 0 Å². The van der Waals surface area contributed by atoms with Crippen LogP contribution in [0.3, 0.4) is 0 Å². The summed E-state index contributed by atoms with van der Waals surface area (Å²) in [5.74, 6) is 0.999. The molecule has 2 aliphatic rings. The molecule has 2 unspecified atom stereocenters. The maximum Gasteiger partial charge on any atom is 0.161 e. The van der Waals surface area contributed by atoms with E-state index in [1.807, 2.05) is 18.0 Å². The standard InChI is InChI=1S/C22H24N6S2/c1-2-7-20-19(6-1)28-21(30-20)24-9-8-15-4-3-5-16(10-15)26-22-27-18(13-29-22)11-17-12-23-14-25-17/h1-7,10,12,14,18,21,24,28H,8-9,11,13H2,(H,23,25)(H,26,27). The molecule has 0 aliphatic carbocycles. The van der Waals surface area contributed by atoms with Crippen molar-refractivity contribution in [1.82, 2.24) is 15.3 Å². The van der Waals surface area contributed by atoms with Gasteiger partial charge in [0.25, 0.3) is 0 Å². The van der Waals surface area contributed by atoms with E-state index in [2.05, 4.69) is 74.4 Å². The molecule has 0 amide bonds. The number of para-hydroxylation sites is 1. The van der Waals surface area contributed by atoms with Gasteiger partial charge in [-0.25, -0.2) is 4.98 Å². The predicted octanol–water partition coefficient (Wildman–Crippen LogP) is 4.17. The van der Waals surface area contributed by atoms with Gasteiger partial charge in [-0.3, -0.25) is 10.3 Å². The molecule has 2 aliphatic heterocycles. The summed E-state index contributed by atoms with van der Waals surface area (Å²) in [6.07, 6.45) is 5.48. The fourth-order valence-corrected chi connectivity index (χ4v) is 5.60. The van der Waals surface area contributed by atoms with Gasteiger partial charge < -0.3 is 15.6 Å². The molecule has 2 atom stereocenters. The summed E-state index contributed by atoms with van der Waals surface area (Å²) in [7, 11) is 0. The number of hydrogen-bond acceptors (Lipinski definition) is 7. The number of aromatic nitrogens is 2. The van der Waals surface area contributed by atoms with Gasteiger partial charge in [-0.05, 0) is 36.2 Å². The topological polar surface area (TPSA) is 77.1 Å². The molecule has 0 saturated carbocycles. The van der Waals surface area contributed by atoms with Crippen molar-refractivity contribution in [2.75, 3.05) is 22.9 Å². The molecule has 5 rings (SSSR count). The van der Waals surface area contributed by atoms with Gasteiger partial charge in [0, 0.05) is 46.9 Å². The van der Waals surface area contributed by atoms with Crippen LogP contribution in [0.4, 0.5) is 11.4 Å². The molecule has 8 heteroatoms. The molecule has 3 aromatic rings. The second kappa shape index (κ2) is 9.16. The number of benzene rings is 2. The molecule has 2 aromatic carbocycles. The Morgan fingerprint density at radius 3 is 3.00 bits per heavy atom. The number of anilines is 2. The van der Waals surface area contributed by atoms with E-state index >= 15 is 0 Å². The van der Waals surface area contributed by atoms with Crippen molar-refractivity contribution in [3.05, 3.63) is 72.3 Å². The number of thioether (sulfide) groups is 2. The normalized spacial score (nSPS) is 19.9. The maximum absolute atomic E-state index is 4.82. The monoisotopic (exact) mass is 436 g/mol. The third-order valence-electron chi connectivity index (χ3n) is 5.06. The highest BCUT2D eigenvalue weighted by molar-refractivity contribution is 8.14. The molecule has 6 nitrogen and oxygen atoms in total. The summed E-state index contributed by atoms with van der Waals surface area (Å²) in [5, 5.41) is 11.6. The van der Waals surface area contributed by atoms with Gasteiger partial charge in [-0.15, -0.1) is 0 Å². The van der Waals surface area contributed by atoms with Crippen molar-refractivity contribution in [2.24, 2.45) is 4.99 Å². The quantitative estimate of drug-likeness (QED) is 0.445. The minimum Gasteiger partial charge on any atom is -0.360 e. The highest BCUT2D eigenvalue weighted by atomic mass is 32.2. The molecular weight excluding hydrogens is 412 g/mol. The van der Waals surface area contributed by atoms with Crippen LogP contribution < -0.4 is 16.0 Å². The lowest BCUT2D eigenvalue weighted by molar-refractivity contribution is 0.695. The van der Waals surface area contributed by atoms with E-state index in [9.17, 15) is 0 Å². The fraction of sp³-hybridized carbons (Fsp3) is 0.273. The van der Waals surface area contributed by atoms with Crippen LogP contribution >= 0.6 is 23.5 Å². The van der Waals surface area contributed by atoms with E-state index in [0.717, 1.165) is 41.7 Å². The number of imidazole rings is 1. The van der Waals surface area contributed by atoms with Crippen molar-refractivity contribution in [3.63, 3.8) is 0 Å². The van der Waals surface area contributed by atoms with Crippen LogP contribution in [-0.4, -0.2) is 39.0 Å². The number of hydrogen-bond donors (Lipinski definition) is 4. The second-order valence-corrected chi connectivity index (χ2v) is 9.50. The van der Waals surface area contributed by atoms with Crippen molar-refractivity contribution in [1.29, 1.82) is 0 Å². The average Bonchev–Trinajstić information content (AvgIpc) is 3.50. The number of rotatable bonds is 7. The van der Waals surface area contributed by atoms with Crippen LogP contribution in [0.25, 0.3) is 0 Å². The van der Waals surface area contributed by atoms with Crippen LogP contribution in [0.1, 0.15) is 11.3 Å². The van der Waals surface area contributed by atoms with Gasteiger partial charge in [0.1, 0.15) is 5.50 Å². The zero-order chi connectivity index (χ0) is 20.2. The molecule has 4 N–H and O–H groups in total. The van der Waals surface area contributed by atoms with E-state index in [1.54, 1.807) is 18.1 Å². The third-order valence-corrected chi connectivity index (χ3v) is 7.23. The smallest absolute Gasteiger partial charge is 0.161 e. The van der Waals surface area contributed by atoms with Crippen molar-refractivity contribution in [3.8, 4) is 0 Å². The van der Waals surface area contributed by atoms with Crippen LogP contribution in [-0.2, 0) is 12.8 Å². The Morgan fingerprint density at radius 1 is 1.13 bits per heavy atom. The molecule has 3 heterocycles. The zero-order valence-electron chi connectivity index (χ0n) is 16.5. The maximum atomic E-state index is 4.82. The lowest BCUT2D eigenvalue weighted by atomic mass is 10.1. The van der Waals surface area contributed by atoms with Crippen molar-refractivity contribution in [2.45, 2.75) is 29.3 Å². The summed E-state index contributed by atoms with van der Waals surface area (Å²) >= 11 is 3.62. The van der Waals surface area contributed by atoms with E-state index < -0.39 is 0 Å². The van der Waals surface area contributed by atoms with Gasteiger partial charge in [0.2, 0.25) is 0 Å². The zero-order valence-corrected chi connectivity index (χ0v) is 18.1. The summed E-state index contributed by atoms with van der Waals surface area (Å²) in [5.41, 5.74) is 5.00. The third kappa shape index (κ3) is 4.83. The van der Waals surface area contributed by atoms with E-state index in [1.165, 1.54) is 16.1 Å². The molecule has 1 aromatic heterocycles. The number of nitrogens with zero attached hydrogens (tertiary/aromatic N) is 2. The van der Waals surface area contributed by atoms with Crippen molar-refractivity contribution < 1.29 is 0 Å². The first-order valence-electron chi connectivity index (χ1n) is 10.1. The molecule has 0 spiro atoms. The summed E-state index contributed by atoms with van der Waals surface area (Å²) in [4.78, 5) is 13.4. The molecule has 0 radical (unpaired) electrons. The van der Waals surface area contributed by atoms with Gasteiger partial charge in [-0.1, -0.05) is 47.8 Å². The molecule has 0 fully saturated rings. The number of amidine groups is 1. The predicted molar refractivity (Wildman–Crippen MR) is 127 cm³/mol. The first-order chi connectivity index (χ1) is 14.8. The van der Waals surface area contributed by atoms with Crippen LogP contribution in [0.15, 0.2) is 70.9 Å². The van der Waals surface area contributed by atoms with E-state index in [-0.39, 0.29) is 5.50 Å². The van der Waals surface area contributed by atoms with Crippen LogP contribution in [0.5, 0.6) is 0 Å². The fourth-order valence-electron chi connectivity index (χ4n) is 3.59. The lowest BCUT2D eigenvalue weighted by Gasteiger charge is -2.13. The Morgan fingerprint density at radius 2 is 2.10 bits per heavy atom. The molecule has 0 saturated heterocycles. The minimum atomic E-state index is 0.236. The minimum absolute atomic E-state index is 0.236. The number of nitrogens with one attached hydrogen (secondary N) is 4. The number of H-pyrrole nitrogens is 1. The summed E-state index contributed by atoms with van der Waals surface area (Å²) < 4.78 is 0. The second-order valence-electron chi connectivity index (χ2n) is 7.35.